The van der Waals surface area contributed by atoms with Gasteiger partial charge in [0.1, 0.15) is 5.69 Å². The molecule has 0 radical (unpaired) electrons. The Morgan fingerprint density at radius 1 is 1.40 bits per heavy atom. The smallest absolute Gasteiger partial charge is 0.267 e. The molecular formula is C18H23N5O2. The summed E-state index contributed by atoms with van der Waals surface area (Å²) in [7, 11) is 0. The molecule has 1 amide bonds. The third-order valence-corrected chi connectivity index (χ3v) is 4.20. The average Bonchev–Trinajstić information content (AvgIpc) is 3.18. The minimum Gasteiger partial charge on any atom is -0.357 e. The van der Waals surface area contributed by atoms with E-state index < -0.39 is 5.91 Å². The second-order valence-electron chi connectivity index (χ2n) is 7.28. The van der Waals surface area contributed by atoms with Crippen LogP contribution in [0.25, 0.3) is 18.2 Å². The van der Waals surface area contributed by atoms with Crippen molar-refractivity contribution >= 4 is 24.1 Å². The summed E-state index contributed by atoms with van der Waals surface area (Å²) < 4.78 is 1.81. The quantitative estimate of drug-likeness (QED) is 0.441. The Kier molecular flexibility index (Phi) is 4.59. The highest BCUT2D eigenvalue weighted by atomic mass is 16.5. The normalized spacial score (nSPS) is 15.4. The maximum atomic E-state index is 11.1. The first-order chi connectivity index (χ1) is 11.9. The molecule has 0 saturated heterocycles. The Morgan fingerprint density at radius 2 is 2.16 bits per heavy atom. The van der Waals surface area contributed by atoms with Crippen LogP contribution in [0.1, 0.15) is 51.0 Å². The van der Waals surface area contributed by atoms with Crippen molar-refractivity contribution in [3.8, 4) is 0 Å². The van der Waals surface area contributed by atoms with E-state index in [0.717, 1.165) is 23.9 Å². The van der Waals surface area contributed by atoms with Crippen LogP contribution in [0, 0.1) is 5.41 Å². The first-order valence-electron chi connectivity index (χ1n) is 8.32. The van der Waals surface area contributed by atoms with Crippen molar-refractivity contribution in [1.29, 1.82) is 0 Å². The lowest BCUT2D eigenvalue weighted by Crippen LogP contribution is -2.27. The van der Waals surface area contributed by atoms with Crippen LogP contribution in [0.4, 0.5) is 0 Å². The maximum Gasteiger partial charge on any atom is 0.267 e. The van der Waals surface area contributed by atoms with Gasteiger partial charge in [-0.25, -0.2) is 10.2 Å². The molecule has 1 unspecified atom stereocenters. The van der Waals surface area contributed by atoms with Crippen LogP contribution >= 0.6 is 0 Å². The molecule has 25 heavy (non-hydrogen) atoms. The molecule has 7 heteroatoms. The van der Waals surface area contributed by atoms with E-state index in [1.807, 2.05) is 4.68 Å². The second-order valence-corrected chi connectivity index (χ2v) is 7.28. The zero-order chi connectivity index (χ0) is 18.0. The van der Waals surface area contributed by atoms with Crippen LogP contribution in [0.3, 0.4) is 0 Å². The van der Waals surface area contributed by atoms with Crippen LogP contribution in [-0.2, 0) is 4.79 Å². The number of H-pyrrole nitrogens is 1. The lowest BCUT2D eigenvalue weighted by molar-refractivity contribution is -0.124. The van der Waals surface area contributed by atoms with Gasteiger partial charge in [0.2, 0.25) is 0 Å². The Balaban J connectivity index is 1.98. The summed E-state index contributed by atoms with van der Waals surface area (Å²) in [6.45, 7) is 6.46. The average molecular weight is 341 g/mol. The van der Waals surface area contributed by atoms with Crippen LogP contribution in [0.15, 0.2) is 18.3 Å². The standard InChI is InChI=1S/C18H23N5O2/c1-18(2,3)17(15-10-12-6-4-5-7-14(12)19-15)23-11-13(20-22-23)8-9-16(24)21-25/h6-11,17,19,25H,4-5H2,1-3H3,(H,21,24). The number of carbonyl (C=O) groups excluding carboxylic acids is 1. The van der Waals surface area contributed by atoms with Gasteiger partial charge in [-0.3, -0.25) is 10.0 Å². The summed E-state index contributed by atoms with van der Waals surface area (Å²) >= 11 is 0. The molecule has 132 valence electrons. The minimum absolute atomic E-state index is 0.0266. The molecule has 0 spiro atoms. The number of aromatic nitrogens is 4. The van der Waals surface area contributed by atoms with Gasteiger partial charge in [0.25, 0.3) is 5.91 Å². The number of amides is 1. The van der Waals surface area contributed by atoms with Crippen molar-refractivity contribution in [3.05, 3.63) is 40.3 Å². The monoisotopic (exact) mass is 341 g/mol. The van der Waals surface area contributed by atoms with Crippen molar-refractivity contribution < 1.29 is 10.0 Å². The number of carbonyl (C=O) groups is 1. The molecule has 0 saturated carbocycles. The molecular weight excluding hydrogens is 318 g/mol. The molecule has 3 N–H and O–H groups in total. The highest BCUT2D eigenvalue weighted by Crippen LogP contribution is 2.34. The highest BCUT2D eigenvalue weighted by molar-refractivity contribution is 5.90. The molecule has 0 fully saturated rings. The van der Waals surface area contributed by atoms with Crippen molar-refractivity contribution in [1.82, 2.24) is 25.5 Å². The van der Waals surface area contributed by atoms with Gasteiger partial charge in [-0.2, -0.15) is 0 Å². The fraction of sp³-hybridized carbons (Fsp3) is 0.389. The fourth-order valence-electron chi connectivity index (χ4n) is 3.16. The van der Waals surface area contributed by atoms with E-state index >= 15 is 0 Å². The summed E-state index contributed by atoms with van der Waals surface area (Å²) in [4.78, 5) is 14.6. The number of rotatable bonds is 4. The molecule has 1 atom stereocenters. The van der Waals surface area contributed by atoms with Crippen molar-refractivity contribution in [3.63, 3.8) is 0 Å². The number of fused-ring (bicyclic) bond motifs is 1. The van der Waals surface area contributed by atoms with Crippen molar-refractivity contribution in [2.75, 3.05) is 0 Å². The van der Waals surface area contributed by atoms with Gasteiger partial charge < -0.3 is 4.98 Å². The molecule has 0 aliphatic heterocycles. The number of hydrogen-bond donors (Lipinski definition) is 3. The number of aromatic amines is 1. The number of nitrogens with one attached hydrogen (secondary N) is 2. The molecule has 7 nitrogen and oxygen atoms in total. The first kappa shape index (κ1) is 17.2. The zero-order valence-electron chi connectivity index (χ0n) is 14.7. The van der Waals surface area contributed by atoms with E-state index in [4.69, 9.17) is 5.21 Å². The van der Waals surface area contributed by atoms with Crippen LogP contribution in [0.2, 0.25) is 0 Å². The fourth-order valence-corrected chi connectivity index (χ4v) is 3.16. The Labute approximate surface area is 145 Å². The van der Waals surface area contributed by atoms with Gasteiger partial charge in [-0.1, -0.05) is 38.1 Å². The topological polar surface area (TPSA) is 95.8 Å². The first-order valence-corrected chi connectivity index (χ1v) is 8.32. The molecule has 2 aromatic heterocycles. The van der Waals surface area contributed by atoms with E-state index in [0.29, 0.717) is 5.69 Å². The molecule has 0 bridgehead atoms. The van der Waals surface area contributed by atoms with Gasteiger partial charge in [0, 0.05) is 17.1 Å². The SMILES string of the molecule is CC(C)(C)C(c1cc2c([nH]1)=CCCC=2)n1cc(C=CC(=O)NO)nn1. The lowest BCUT2D eigenvalue weighted by atomic mass is 9.85. The van der Waals surface area contributed by atoms with E-state index in [1.165, 1.54) is 17.4 Å². The van der Waals surface area contributed by atoms with E-state index in [2.05, 4.69) is 54.3 Å². The second kappa shape index (κ2) is 6.68. The number of hydroxylamine groups is 1. The van der Waals surface area contributed by atoms with Gasteiger partial charge in [-0.05, 0) is 35.6 Å². The molecule has 2 aromatic rings. The summed E-state index contributed by atoms with van der Waals surface area (Å²) in [5.41, 5.74) is 3.09. The number of nitrogens with zero attached hydrogens (tertiary/aromatic N) is 3. The van der Waals surface area contributed by atoms with Crippen LogP contribution in [-0.4, -0.2) is 31.1 Å². The summed E-state index contributed by atoms with van der Waals surface area (Å²) in [6, 6.07) is 2.15. The Morgan fingerprint density at radius 3 is 2.84 bits per heavy atom. The van der Waals surface area contributed by atoms with E-state index in [1.54, 1.807) is 11.7 Å². The molecule has 1 aliphatic carbocycles. The number of hydrogen-bond acceptors (Lipinski definition) is 4. The molecule has 1 aliphatic rings. The van der Waals surface area contributed by atoms with E-state index in [9.17, 15) is 4.79 Å². The van der Waals surface area contributed by atoms with Gasteiger partial charge in [0.15, 0.2) is 0 Å². The van der Waals surface area contributed by atoms with Crippen molar-refractivity contribution in [2.24, 2.45) is 5.41 Å². The molecule has 3 rings (SSSR count). The predicted molar refractivity (Wildman–Crippen MR) is 94.8 cm³/mol. The molecule has 0 aromatic carbocycles. The predicted octanol–water partition coefficient (Wildman–Crippen LogP) is 1.12. The largest absolute Gasteiger partial charge is 0.357 e. The van der Waals surface area contributed by atoms with Gasteiger partial charge in [0.05, 0.1) is 12.2 Å². The van der Waals surface area contributed by atoms with Crippen LogP contribution < -0.4 is 16.0 Å². The van der Waals surface area contributed by atoms with E-state index in [-0.39, 0.29) is 11.5 Å². The maximum absolute atomic E-state index is 11.1. The minimum atomic E-state index is -0.606. The Bertz CT molecular complexity index is 881. The van der Waals surface area contributed by atoms with Crippen molar-refractivity contribution in [2.45, 2.75) is 39.7 Å². The van der Waals surface area contributed by atoms with Gasteiger partial charge >= 0.3 is 0 Å². The zero-order valence-corrected chi connectivity index (χ0v) is 14.7. The highest BCUT2D eigenvalue weighted by Gasteiger charge is 2.30. The summed E-state index contributed by atoms with van der Waals surface area (Å²) in [6.07, 6.45) is 11.1. The van der Waals surface area contributed by atoms with Gasteiger partial charge in [-0.15, -0.1) is 5.10 Å². The Hall–Kier alpha value is -2.67. The van der Waals surface area contributed by atoms with Crippen LogP contribution in [0.5, 0.6) is 0 Å². The molecule has 2 heterocycles. The summed E-state index contributed by atoms with van der Waals surface area (Å²) in [5, 5.41) is 19.3. The lowest BCUT2D eigenvalue weighted by Gasteiger charge is -2.29. The third-order valence-electron chi connectivity index (χ3n) is 4.20. The summed E-state index contributed by atoms with van der Waals surface area (Å²) in [5.74, 6) is -0.606. The third kappa shape index (κ3) is 3.71.